The number of rotatable bonds is 4. The summed E-state index contributed by atoms with van der Waals surface area (Å²) in [4.78, 5) is 23.8. The number of anilines is 2. The Bertz CT molecular complexity index is 817. The van der Waals surface area contributed by atoms with Crippen LogP contribution in [0.1, 0.15) is 26.3 Å². The number of nitrogens with one attached hydrogen (secondary N) is 2. The molecule has 0 aliphatic rings. The van der Waals surface area contributed by atoms with Gasteiger partial charge in [0.25, 0.3) is 0 Å². The quantitative estimate of drug-likeness (QED) is 0.842. The standard InChI is InChI=1S/C19H20F2N2O3/c1-19(2,3)26-18(25)23-16-11-14(7-8-15(16)21)22-17(24)10-12-5-4-6-13(20)9-12/h4-9,11H,10H2,1-3H3,(H,22,24)(H,23,25). The minimum absolute atomic E-state index is 0.0377. The van der Waals surface area contributed by atoms with Gasteiger partial charge in [0.1, 0.15) is 17.2 Å². The van der Waals surface area contributed by atoms with Crippen LogP contribution in [0.15, 0.2) is 42.5 Å². The van der Waals surface area contributed by atoms with Gasteiger partial charge in [-0.05, 0) is 56.7 Å². The minimum Gasteiger partial charge on any atom is -0.444 e. The van der Waals surface area contributed by atoms with Crippen LogP contribution in [0, 0.1) is 11.6 Å². The molecule has 0 spiro atoms. The summed E-state index contributed by atoms with van der Waals surface area (Å²) in [6.45, 7) is 5.06. The second-order valence-corrected chi connectivity index (χ2v) is 6.68. The summed E-state index contributed by atoms with van der Waals surface area (Å²) < 4.78 is 32.1. The maximum absolute atomic E-state index is 13.9. The molecular weight excluding hydrogens is 342 g/mol. The lowest BCUT2D eigenvalue weighted by Gasteiger charge is -2.20. The van der Waals surface area contributed by atoms with Crippen molar-refractivity contribution in [2.75, 3.05) is 10.6 Å². The minimum atomic E-state index is -0.806. The van der Waals surface area contributed by atoms with Crippen molar-refractivity contribution in [2.24, 2.45) is 0 Å². The third-order valence-corrected chi connectivity index (χ3v) is 3.14. The topological polar surface area (TPSA) is 67.4 Å². The van der Waals surface area contributed by atoms with Gasteiger partial charge in [0, 0.05) is 5.69 Å². The van der Waals surface area contributed by atoms with Gasteiger partial charge >= 0.3 is 6.09 Å². The average Bonchev–Trinajstić information content (AvgIpc) is 2.48. The molecule has 0 radical (unpaired) electrons. The fourth-order valence-corrected chi connectivity index (χ4v) is 2.15. The molecule has 2 rings (SSSR count). The molecule has 2 aromatic carbocycles. The van der Waals surface area contributed by atoms with Crippen molar-refractivity contribution < 1.29 is 23.1 Å². The molecular formula is C19H20F2N2O3. The Labute approximate surface area is 150 Å². The van der Waals surface area contributed by atoms with E-state index in [4.69, 9.17) is 4.74 Å². The Morgan fingerprint density at radius 1 is 1.04 bits per heavy atom. The van der Waals surface area contributed by atoms with E-state index in [1.807, 2.05) is 0 Å². The Morgan fingerprint density at radius 2 is 1.77 bits per heavy atom. The van der Waals surface area contributed by atoms with Gasteiger partial charge in [-0.15, -0.1) is 0 Å². The second-order valence-electron chi connectivity index (χ2n) is 6.68. The van der Waals surface area contributed by atoms with E-state index in [1.54, 1.807) is 26.8 Å². The van der Waals surface area contributed by atoms with E-state index >= 15 is 0 Å². The highest BCUT2D eigenvalue weighted by Gasteiger charge is 2.17. The zero-order valence-electron chi connectivity index (χ0n) is 14.7. The van der Waals surface area contributed by atoms with Crippen molar-refractivity contribution in [2.45, 2.75) is 32.8 Å². The molecule has 26 heavy (non-hydrogen) atoms. The summed E-state index contributed by atoms with van der Waals surface area (Å²) in [6, 6.07) is 9.45. The van der Waals surface area contributed by atoms with Gasteiger partial charge in [-0.25, -0.2) is 13.6 Å². The van der Waals surface area contributed by atoms with Gasteiger partial charge in [0.15, 0.2) is 0 Å². The number of hydrogen-bond acceptors (Lipinski definition) is 3. The fraction of sp³-hybridized carbons (Fsp3) is 0.263. The van der Waals surface area contributed by atoms with Crippen molar-refractivity contribution in [1.82, 2.24) is 0 Å². The molecule has 2 amide bonds. The molecule has 0 saturated heterocycles. The van der Waals surface area contributed by atoms with E-state index in [0.29, 0.717) is 11.3 Å². The van der Waals surface area contributed by atoms with Gasteiger partial charge in [0.2, 0.25) is 5.91 Å². The summed E-state index contributed by atoms with van der Waals surface area (Å²) in [6.07, 6.45) is -0.844. The molecule has 0 aliphatic heterocycles. The molecule has 0 saturated carbocycles. The predicted octanol–water partition coefficient (Wildman–Crippen LogP) is 4.49. The molecule has 7 heteroatoms. The van der Waals surface area contributed by atoms with E-state index in [-0.39, 0.29) is 12.1 Å². The highest BCUT2D eigenvalue weighted by molar-refractivity contribution is 5.93. The number of benzene rings is 2. The Hall–Kier alpha value is -2.96. The molecule has 138 valence electrons. The largest absolute Gasteiger partial charge is 0.444 e. The summed E-state index contributed by atoms with van der Waals surface area (Å²) in [5.41, 5.74) is -0.0458. The smallest absolute Gasteiger partial charge is 0.412 e. The Kier molecular flexibility index (Phi) is 5.92. The number of ether oxygens (including phenoxy) is 1. The molecule has 2 N–H and O–H groups in total. The van der Waals surface area contributed by atoms with Crippen molar-refractivity contribution in [3.05, 3.63) is 59.7 Å². The van der Waals surface area contributed by atoms with Crippen molar-refractivity contribution in [3.63, 3.8) is 0 Å². The van der Waals surface area contributed by atoms with Crippen LogP contribution in [0.2, 0.25) is 0 Å². The number of hydrogen-bond donors (Lipinski definition) is 2. The summed E-state index contributed by atoms with van der Waals surface area (Å²) in [5.74, 6) is -1.50. The van der Waals surface area contributed by atoms with Gasteiger partial charge in [-0.2, -0.15) is 0 Å². The summed E-state index contributed by atoms with van der Waals surface area (Å²) in [5, 5.41) is 4.88. The van der Waals surface area contributed by atoms with Crippen LogP contribution in [0.3, 0.4) is 0 Å². The van der Waals surface area contributed by atoms with Crippen molar-refractivity contribution in [3.8, 4) is 0 Å². The monoisotopic (exact) mass is 362 g/mol. The summed E-state index contributed by atoms with van der Waals surface area (Å²) >= 11 is 0. The number of carbonyl (C=O) groups excluding carboxylic acids is 2. The van der Waals surface area contributed by atoms with E-state index < -0.39 is 29.2 Å². The number of halogens is 2. The van der Waals surface area contributed by atoms with E-state index in [9.17, 15) is 18.4 Å². The van der Waals surface area contributed by atoms with E-state index in [1.165, 1.54) is 30.3 Å². The van der Waals surface area contributed by atoms with E-state index in [0.717, 1.165) is 6.07 Å². The summed E-state index contributed by atoms with van der Waals surface area (Å²) in [7, 11) is 0. The molecule has 0 aliphatic carbocycles. The molecule has 0 aromatic heterocycles. The molecule has 0 atom stereocenters. The Morgan fingerprint density at radius 3 is 2.42 bits per heavy atom. The predicted molar refractivity (Wildman–Crippen MR) is 95.0 cm³/mol. The van der Waals surface area contributed by atoms with Crippen LogP contribution in [-0.2, 0) is 16.0 Å². The first-order chi connectivity index (χ1) is 12.1. The zero-order chi connectivity index (χ0) is 19.3. The first kappa shape index (κ1) is 19.4. The van der Waals surface area contributed by atoms with Gasteiger partial charge in [-0.3, -0.25) is 10.1 Å². The normalized spacial score (nSPS) is 11.0. The molecule has 2 aromatic rings. The number of amides is 2. The second kappa shape index (κ2) is 7.95. The first-order valence-corrected chi connectivity index (χ1v) is 7.96. The maximum Gasteiger partial charge on any atom is 0.412 e. The Balaban J connectivity index is 2.04. The first-order valence-electron chi connectivity index (χ1n) is 7.96. The highest BCUT2D eigenvalue weighted by atomic mass is 19.1. The van der Waals surface area contributed by atoms with Gasteiger partial charge < -0.3 is 10.1 Å². The third kappa shape index (κ3) is 6.16. The lowest BCUT2D eigenvalue weighted by Crippen LogP contribution is -2.27. The molecule has 0 heterocycles. The van der Waals surface area contributed by atoms with Crippen LogP contribution in [0.4, 0.5) is 25.0 Å². The van der Waals surface area contributed by atoms with E-state index in [2.05, 4.69) is 10.6 Å². The van der Waals surface area contributed by atoms with Crippen LogP contribution in [-0.4, -0.2) is 17.6 Å². The molecule has 0 fully saturated rings. The van der Waals surface area contributed by atoms with Crippen LogP contribution >= 0.6 is 0 Å². The highest BCUT2D eigenvalue weighted by Crippen LogP contribution is 2.21. The molecule has 0 unspecified atom stereocenters. The van der Waals surface area contributed by atoms with Gasteiger partial charge in [-0.1, -0.05) is 12.1 Å². The SMILES string of the molecule is CC(C)(C)OC(=O)Nc1cc(NC(=O)Cc2cccc(F)c2)ccc1F. The lowest BCUT2D eigenvalue weighted by atomic mass is 10.1. The van der Waals surface area contributed by atoms with Crippen molar-refractivity contribution in [1.29, 1.82) is 0 Å². The van der Waals surface area contributed by atoms with Crippen LogP contribution < -0.4 is 10.6 Å². The zero-order valence-corrected chi connectivity index (χ0v) is 14.7. The van der Waals surface area contributed by atoms with Crippen LogP contribution in [0.5, 0.6) is 0 Å². The molecule has 5 nitrogen and oxygen atoms in total. The average molecular weight is 362 g/mol. The van der Waals surface area contributed by atoms with Crippen LogP contribution in [0.25, 0.3) is 0 Å². The van der Waals surface area contributed by atoms with Gasteiger partial charge in [0.05, 0.1) is 12.1 Å². The molecule has 0 bridgehead atoms. The third-order valence-electron chi connectivity index (χ3n) is 3.14. The maximum atomic E-state index is 13.9. The van der Waals surface area contributed by atoms with Crippen molar-refractivity contribution >= 4 is 23.4 Å². The number of carbonyl (C=O) groups is 2. The fourth-order valence-electron chi connectivity index (χ4n) is 2.15. The lowest BCUT2D eigenvalue weighted by molar-refractivity contribution is -0.115.